The average molecular weight is 376 g/mol. The monoisotopic (exact) mass is 375 g/mol. The second kappa shape index (κ2) is 7.57. The molecule has 0 radical (unpaired) electrons. The van der Waals surface area contributed by atoms with Crippen LogP contribution in [0, 0.1) is 23.7 Å². The molecule has 2 aliphatic heterocycles. The standard InChI is InChI=1S/C20H26ClN3O2/c21-17-4-2-1-3-13(17)10-23-19(25)12-5-6-14-15-7-8-22-11-18(15)24-20(26)16(14)9-12/h1-4,12,14-16,18,22H,5-11H2,(H,23,25)(H,24,26). The molecule has 2 saturated heterocycles. The van der Waals surface area contributed by atoms with E-state index in [-0.39, 0.29) is 29.7 Å². The zero-order valence-corrected chi connectivity index (χ0v) is 15.6. The molecule has 1 aromatic rings. The van der Waals surface area contributed by atoms with Gasteiger partial charge in [0.15, 0.2) is 0 Å². The Bertz CT molecular complexity index is 695. The van der Waals surface area contributed by atoms with Crippen LogP contribution in [0.3, 0.4) is 0 Å². The van der Waals surface area contributed by atoms with Crippen molar-refractivity contribution in [2.75, 3.05) is 13.1 Å². The molecule has 5 nitrogen and oxygen atoms in total. The van der Waals surface area contributed by atoms with E-state index in [2.05, 4.69) is 16.0 Å². The van der Waals surface area contributed by atoms with Gasteiger partial charge in [-0.3, -0.25) is 9.59 Å². The van der Waals surface area contributed by atoms with E-state index in [0.717, 1.165) is 37.9 Å². The van der Waals surface area contributed by atoms with Crippen molar-refractivity contribution in [3.63, 3.8) is 0 Å². The number of carbonyl (C=O) groups is 2. The van der Waals surface area contributed by atoms with Gasteiger partial charge in [-0.15, -0.1) is 0 Å². The maximum Gasteiger partial charge on any atom is 0.223 e. The van der Waals surface area contributed by atoms with E-state index < -0.39 is 0 Å². The molecule has 0 bridgehead atoms. The fraction of sp³-hybridized carbons (Fsp3) is 0.600. The van der Waals surface area contributed by atoms with Crippen molar-refractivity contribution in [2.24, 2.45) is 23.7 Å². The number of hydrogen-bond acceptors (Lipinski definition) is 3. The highest BCUT2D eigenvalue weighted by molar-refractivity contribution is 6.31. The fourth-order valence-electron chi connectivity index (χ4n) is 5.05. The summed E-state index contributed by atoms with van der Waals surface area (Å²) >= 11 is 6.16. The molecule has 3 aliphatic rings. The lowest BCUT2D eigenvalue weighted by molar-refractivity contribution is -0.139. The van der Waals surface area contributed by atoms with E-state index in [1.54, 1.807) is 0 Å². The second-order valence-electron chi connectivity index (χ2n) is 7.86. The Hall–Kier alpha value is -1.59. The predicted octanol–water partition coefficient (Wildman–Crippen LogP) is 2.10. The van der Waals surface area contributed by atoms with Crippen molar-refractivity contribution in [3.8, 4) is 0 Å². The Balaban J connectivity index is 1.37. The summed E-state index contributed by atoms with van der Waals surface area (Å²) in [6.45, 7) is 2.34. The number of piperidine rings is 2. The van der Waals surface area contributed by atoms with Gasteiger partial charge in [-0.25, -0.2) is 0 Å². The van der Waals surface area contributed by atoms with Crippen molar-refractivity contribution in [1.82, 2.24) is 16.0 Å². The summed E-state index contributed by atoms with van der Waals surface area (Å²) < 4.78 is 0. The molecule has 5 unspecified atom stereocenters. The van der Waals surface area contributed by atoms with Gasteiger partial charge < -0.3 is 16.0 Å². The van der Waals surface area contributed by atoms with Crippen LogP contribution >= 0.6 is 11.6 Å². The summed E-state index contributed by atoms with van der Waals surface area (Å²) in [6, 6.07) is 7.81. The van der Waals surface area contributed by atoms with Gasteiger partial charge in [0.1, 0.15) is 0 Å². The van der Waals surface area contributed by atoms with Gasteiger partial charge in [0, 0.05) is 36.0 Å². The predicted molar refractivity (Wildman–Crippen MR) is 101 cm³/mol. The Morgan fingerprint density at radius 3 is 2.88 bits per heavy atom. The smallest absolute Gasteiger partial charge is 0.223 e. The van der Waals surface area contributed by atoms with Crippen LogP contribution in [-0.4, -0.2) is 30.9 Å². The first-order valence-corrected chi connectivity index (χ1v) is 10.0. The summed E-state index contributed by atoms with van der Waals surface area (Å²) in [5.41, 5.74) is 0.921. The minimum absolute atomic E-state index is 0.0147. The van der Waals surface area contributed by atoms with Gasteiger partial charge in [0.05, 0.1) is 0 Å². The molecule has 5 atom stereocenters. The van der Waals surface area contributed by atoms with Crippen LogP contribution < -0.4 is 16.0 Å². The number of halogens is 1. The van der Waals surface area contributed by atoms with Crippen LogP contribution in [0.1, 0.15) is 31.2 Å². The molecule has 2 amide bonds. The molecule has 0 spiro atoms. The Kier molecular flexibility index (Phi) is 5.18. The van der Waals surface area contributed by atoms with Crippen molar-refractivity contribution >= 4 is 23.4 Å². The van der Waals surface area contributed by atoms with Crippen molar-refractivity contribution in [3.05, 3.63) is 34.9 Å². The lowest BCUT2D eigenvalue weighted by Gasteiger charge is -2.48. The summed E-state index contributed by atoms with van der Waals surface area (Å²) in [7, 11) is 0. The van der Waals surface area contributed by atoms with Crippen LogP contribution in [0.15, 0.2) is 24.3 Å². The molecule has 26 heavy (non-hydrogen) atoms. The van der Waals surface area contributed by atoms with Gasteiger partial charge in [-0.05, 0) is 55.7 Å². The lowest BCUT2D eigenvalue weighted by atomic mass is 9.63. The second-order valence-corrected chi connectivity index (χ2v) is 8.27. The van der Waals surface area contributed by atoms with Crippen LogP contribution in [0.25, 0.3) is 0 Å². The number of rotatable bonds is 3. The molecule has 1 aromatic carbocycles. The van der Waals surface area contributed by atoms with E-state index in [0.29, 0.717) is 29.8 Å². The molecule has 1 saturated carbocycles. The molecule has 4 rings (SSSR count). The third-order valence-corrected chi connectivity index (χ3v) is 6.80. The third kappa shape index (κ3) is 3.47. The quantitative estimate of drug-likeness (QED) is 0.757. The van der Waals surface area contributed by atoms with E-state index in [4.69, 9.17) is 11.6 Å². The van der Waals surface area contributed by atoms with E-state index >= 15 is 0 Å². The van der Waals surface area contributed by atoms with Gasteiger partial charge in [0.2, 0.25) is 11.8 Å². The third-order valence-electron chi connectivity index (χ3n) is 6.44. The SMILES string of the molecule is O=C(NCc1ccccc1Cl)C1CCC2C(C1)C(=O)NC1CNCCC12. The fourth-order valence-corrected chi connectivity index (χ4v) is 5.26. The van der Waals surface area contributed by atoms with Crippen LogP contribution in [-0.2, 0) is 16.1 Å². The molecule has 1 aliphatic carbocycles. The molecule has 3 N–H and O–H groups in total. The number of fused-ring (bicyclic) bond motifs is 3. The molecule has 140 valence electrons. The van der Waals surface area contributed by atoms with Crippen molar-refractivity contribution in [2.45, 2.75) is 38.3 Å². The van der Waals surface area contributed by atoms with Crippen LogP contribution in [0.4, 0.5) is 0 Å². The first kappa shape index (κ1) is 17.8. The van der Waals surface area contributed by atoms with Crippen molar-refractivity contribution < 1.29 is 9.59 Å². The minimum Gasteiger partial charge on any atom is -0.352 e. The lowest BCUT2D eigenvalue weighted by Crippen LogP contribution is -2.61. The Morgan fingerprint density at radius 2 is 2.04 bits per heavy atom. The number of benzene rings is 1. The largest absolute Gasteiger partial charge is 0.352 e. The number of nitrogens with one attached hydrogen (secondary N) is 3. The van der Waals surface area contributed by atoms with Gasteiger partial charge in [-0.2, -0.15) is 0 Å². The molecular formula is C20H26ClN3O2. The highest BCUT2D eigenvalue weighted by atomic mass is 35.5. The first-order valence-electron chi connectivity index (χ1n) is 9.65. The molecule has 0 aromatic heterocycles. The Labute approximate surface area is 159 Å². The highest BCUT2D eigenvalue weighted by Gasteiger charge is 2.48. The highest BCUT2D eigenvalue weighted by Crippen LogP contribution is 2.43. The number of amides is 2. The summed E-state index contributed by atoms with van der Waals surface area (Å²) in [4.78, 5) is 25.2. The average Bonchev–Trinajstić information content (AvgIpc) is 2.67. The van der Waals surface area contributed by atoms with E-state index in [9.17, 15) is 9.59 Å². The van der Waals surface area contributed by atoms with Crippen LogP contribution in [0.5, 0.6) is 0 Å². The van der Waals surface area contributed by atoms with Gasteiger partial charge in [-0.1, -0.05) is 29.8 Å². The van der Waals surface area contributed by atoms with E-state index in [1.807, 2.05) is 24.3 Å². The van der Waals surface area contributed by atoms with Gasteiger partial charge >= 0.3 is 0 Å². The van der Waals surface area contributed by atoms with Gasteiger partial charge in [0.25, 0.3) is 0 Å². The minimum atomic E-state index is -0.0808. The maximum absolute atomic E-state index is 12.7. The normalized spacial score (nSPS) is 33.6. The summed E-state index contributed by atoms with van der Waals surface area (Å²) in [5, 5.41) is 10.2. The maximum atomic E-state index is 12.7. The number of carbonyl (C=O) groups excluding carboxylic acids is 2. The molecule has 3 fully saturated rings. The summed E-state index contributed by atoms with van der Waals surface area (Å²) in [5.74, 6) is 1.09. The zero-order valence-electron chi connectivity index (χ0n) is 14.8. The topological polar surface area (TPSA) is 70.2 Å². The van der Waals surface area contributed by atoms with Crippen LogP contribution in [0.2, 0.25) is 5.02 Å². The summed E-state index contributed by atoms with van der Waals surface area (Å²) in [6.07, 6.45) is 3.64. The van der Waals surface area contributed by atoms with Crippen molar-refractivity contribution in [1.29, 1.82) is 0 Å². The molecule has 2 heterocycles. The first-order chi connectivity index (χ1) is 12.6. The molecule has 6 heteroatoms. The molecular weight excluding hydrogens is 350 g/mol. The number of hydrogen-bond donors (Lipinski definition) is 3. The Morgan fingerprint density at radius 1 is 1.19 bits per heavy atom. The zero-order chi connectivity index (χ0) is 18.1. The van der Waals surface area contributed by atoms with E-state index in [1.165, 1.54) is 0 Å².